The SMILES string of the molecule is NC(=O)c1cccc2c(-c3nc4c(c(NCc5ccccc5)n3)NCCCC4)scc12. The highest BCUT2D eigenvalue weighted by molar-refractivity contribution is 7.15. The monoisotopic (exact) mass is 429 g/mol. The van der Waals surface area contributed by atoms with Gasteiger partial charge in [-0.2, -0.15) is 0 Å². The second kappa shape index (κ2) is 8.35. The summed E-state index contributed by atoms with van der Waals surface area (Å²) in [5.41, 5.74) is 9.32. The molecule has 0 saturated carbocycles. The number of anilines is 2. The van der Waals surface area contributed by atoms with Gasteiger partial charge in [-0.1, -0.05) is 42.5 Å². The van der Waals surface area contributed by atoms with Crippen LogP contribution in [0.5, 0.6) is 0 Å². The summed E-state index contributed by atoms with van der Waals surface area (Å²) >= 11 is 1.55. The van der Waals surface area contributed by atoms with Gasteiger partial charge in [-0.3, -0.25) is 4.79 Å². The first-order valence-electron chi connectivity index (χ1n) is 10.4. The Kier molecular flexibility index (Phi) is 5.26. The number of thiophene rings is 1. The van der Waals surface area contributed by atoms with E-state index in [-0.39, 0.29) is 0 Å². The van der Waals surface area contributed by atoms with E-state index in [2.05, 4.69) is 22.8 Å². The number of aromatic nitrogens is 2. The molecule has 0 saturated heterocycles. The molecule has 156 valence electrons. The van der Waals surface area contributed by atoms with Gasteiger partial charge in [0.1, 0.15) is 0 Å². The molecule has 5 rings (SSSR count). The molecule has 0 atom stereocenters. The summed E-state index contributed by atoms with van der Waals surface area (Å²) in [5, 5.41) is 10.8. The van der Waals surface area contributed by atoms with E-state index in [1.165, 1.54) is 5.56 Å². The summed E-state index contributed by atoms with van der Waals surface area (Å²) in [4.78, 5) is 22.6. The van der Waals surface area contributed by atoms with Gasteiger partial charge in [-0.15, -0.1) is 11.3 Å². The summed E-state index contributed by atoms with van der Waals surface area (Å²) in [7, 11) is 0. The zero-order valence-corrected chi connectivity index (χ0v) is 17.8. The molecule has 1 amide bonds. The zero-order chi connectivity index (χ0) is 21.2. The molecule has 31 heavy (non-hydrogen) atoms. The highest BCUT2D eigenvalue weighted by Gasteiger charge is 2.20. The van der Waals surface area contributed by atoms with Crippen molar-refractivity contribution in [3.63, 3.8) is 0 Å². The van der Waals surface area contributed by atoms with Gasteiger partial charge in [0.25, 0.3) is 0 Å². The van der Waals surface area contributed by atoms with E-state index in [4.69, 9.17) is 15.7 Å². The largest absolute Gasteiger partial charge is 0.381 e. The third-order valence-corrected chi connectivity index (χ3v) is 6.53. The van der Waals surface area contributed by atoms with Crippen LogP contribution in [0.1, 0.15) is 34.5 Å². The standard InChI is InChI=1S/C24H23N5OS/c25-22(30)17-10-6-9-16-18(17)14-31-21(16)24-28-19-11-4-5-12-26-20(19)23(29-24)27-13-15-7-2-1-3-8-15/h1-3,6-10,14,26H,4-5,11-13H2,(H2,25,30)(H,27,28,29). The molecule has 0 bridgehead atoms. The third-order valence-electron chi connectivity index (χ3n) is 5.54. The number of nitrogens with zero attached hydrogens (tertiary/aromatic N) is 2. The lowest BCUT2D eigenvalue weighted by Gasteiger charge is -2.16. The van der Waals surface area contributed by atoms with Crippen LogP contribution in [0.2, 0.25) is 0 Å². The van der Waals surface area contributed by atoms with Crippen LogP contribution in [0.3, 0.4) is 0 Å². The minimum absolute atomic E-state index is 0.424. The summed E-state index contributed by atoms with van der Waals surface area (Å²) in [5.74, 6) is 1.07. The first-order chi connectivity index (χ1) is 15.2. The number of hydrogen-bond donors (Lipinski definition) is 3. The fourth-order valence-corrected chi connectivity index (χ4v) is 4.97. The Morgan fingerprint density at radius 3 is 2.77 bits per heavy atom. The van der Waals surface area contributed by atoms with Crippen molar-refractivity contribution in [3.05, 3.63) is 70.7 Å². The lowest BCUT2D eigenvalue weighted by atomic mass is 10.1. The van der Waals surface area contributed by atoms with E-state index in [1.807, 2.05) is 35.7 Å². The van der Waals surface area contributed by atoms with Crippen molar-refractivity contribution in [3.8, 4) is 10.7 Å². The van der Waals surface area contributed by atoms with Crippen molar-refractivity contribution in [2.24, 2.45) is 5.73 Å². The molecule has 4 aromatic rings. The van der Waals surface area contributed by atoms with E-state index < -0.39 is 5.91 Å². The van der Waals surface area contributed by atoms with Crippen molar-refractivity contribution in [2.75, 3.05) is 17.2 Å². The van der Waals surface area contributed by atoms with Gasteiger partial charge in [0, 0.05) is 34.8 Å². The lowest BCUT2D eigenvalue weighted by Crippen LogP contribution is -2.11. The smallest absolute Gasteiger partial charge is 0.249 e. The highest BCUT2D eigenvalue weighted by atomic mass is 32.1. The van der Waals surface area contributed by atoms with Crippen molar-refractivity contribution in [1.82, 2.24) is 9.97 Å². The number of carbonyl (C=O) groups excluding carboxylic acids is 1. The number of aryl methyl sites for hydroxylation is 1. The number of carbonyl (C=O) groups is 1. The highest BCUT2D eigenvalue weighted by Crippen LogP contribution is 2.37. The second-order valence-electron chi connectivity index (χ2n) is 7.64. The lowest BCUT2D eigenvalue weighted by molar-refractivity contribution is 0.100. The van der Waals surface area contributed by atoms with Gasteiger partial charge in [-0.25, -0.2) is 9.97 Å². The molecule has 1 aliphatic heterocycles. The third kappa shape index (κ3) is 3.84. The maximum atomic E-state index is 11.8. The van der Waals surface area contributed by atoms with E-state index in [1.54, 1.807) is 17.4 Å². The Morgan fingerprint density at radius 2 is 1.94 bits per heavy atom. The molecule has 0 spiro atoms. The van der Waals surface area contributed by atoms with E-state index in [9.17, 15) is 4.79 Å². The summed E-state index contributed by atoms with van der Waals surface area (Å²) < 4.78 is 0. The van der Waals surface area contributed by atoms with Gasteiger partial charge < -0.3 is 16.4 Å². The molecule has 1 aliphatic rings. The molecule has 0 aliphatic carbocycles. The predicted molar refractivity (Wildman–Crippen MR) is 127 cm³/mol. The molecule has 2 aromatic heterocycles. The summed E-state index contributed by atoms with van der Waals surface area (Å²) in [6, 6.07) is 15.9. The number of benzene rings is 2. The van der Waals surface area contributed by atoms with Crippen molar-refractivity contribution < 1.29 is 4.79 Å². The Labute approximate surface area is 184 Å². The Bertz CT molecular complexity index is 1250. The number of rotatable bonds is 5. The van der Waals surface area contributed by atoms with Crippen LogP contribution in [0.15, 0.2) is 53.9 Å². The number of nitrogens with two attached hydrogens (primary N) is 1. The van der Waals surface area contributed by atoms with Gasteiger partial charge in [0.15, 0.2) is 11.6 Å². The molecule has 0 fully saturated rings. The average molecular weight is 430 g/mol. The summed E-state index contributed by atoms with van der Waals surface area (Å²) in [6.07, 6.45) is 3.10. The van der Waals surface area contributed by atoms with Crippen molar-refractivity contribution >= 4 is 39.5 Å². The Morgan fingerprint density at radius 1 is 1.06 bits per heavy atom. The van der Waals surface area contributed by atoms with E-state index in [0.29, 0.717) is 17.9 Å². The normalized spacial score (nSPS) is 13.3. The van der Waals surface area contributed by atoms with Gasteiger partial charge in [-0.05, 0) is 30.9 Å². The Balaban J connectivity index is 1.59. The number of amides is 1. The quantitative estimate of drug-likeness (QED) is 0.423. The van der Waals surface area contributed by atoms with Crippen LogP contribution in [0.25, 0.3) is 21.5 Å². The number of primary amides is 1. The van der Waals surface area contributed by atoms with Gasteiger partial charge >= 0.3 is 0 Å². The van der Waals surface area contributed by atoms with Crippen LogP contribution in [-0.4, -0.2) is 22.4 Å². The van der Waals surface area contributed by atoms with Crippen LogP contribution < -0.4 is 16.4 Å². The van der Waals surface area contributed by atoms with Gasteiger partial charge in [0.05, 0.1) is 16.3 Å². The molecule has 7 heteroatoms. The number of hydrogen-bond acceptors (Lipinski definition) is 6. The summed E-state index contributed by atoms with van der Waals surface area (Å²) in [6.45, 7) is 1.60. The molecule has 4 N–H and O–H groups in total. The first-order valence-corrected chi connectivity index (χ1v) is 11.3. The molecular formula is C24H23N5OS. The topological polar surface area (TPSA) is 92.9 Å². The number of fused-ring (bicyclic) bond motifs is 2. The van der Waals surface area contributed by atoms with Crippen LogP contribution in [0.4, 0.5) is 11.5 Å². The predicted octanol–water partition coefficient (Wildman–Crippen LogP) is 4.82. The molecule has 0 radical (unpaired) electrons. The molecule has 3 heterocycles. The minimum Gasteiger partial charge on any atom is -0.381 e. The van der Waals surface area contributed by atoms with Crippen LogP contribution >= 0.6 is 11.3 Å². The van der Waals surface area contributed by atoms with Crippen molar-refractivity contribution in [2.45, 2.75) is 25.8 Å². The number of nitrogens with one attached hydrogen (secondary N) is 2. The fourth-order valence-electron chi connectivity index (χ4n) is 3.98. The molecule has 6 nitrogen and oxygen atoms in total. The zero-order valence-electron chi connectivity index (χ0n) is 17.0. The van der Waals surface area contributed by atoms with Crippen LogP contribution in [-0.2, 0) is 13.0 Å². The molecule has 0 unspecified atom stereocenters. The average Bonchev–Trinajstić information content (AvgIpc) is 3.08. The van der Waals surface area contributed by atoms with E-state index in [0.717, 1.165) is 58.7 Å². The molecular weight excluding hydrogens is 406 g/mol. The van der Waals surface area contributed by atoms with E-state index >= 15 is 0 Å². The maximum absolute atomic E-state index is 11.8. The van der Waals surface area contributed by atoms with Crippen LogP contribution in [0, 0.1) is 0 Å². The minimum atomic E-state index is -0.424. The Hall–Kier alpha value is -3.45. The van der Waals surface area contributed by atoms with Crippen molar-refractivity contribution in [1.29, 1.82) is 0 Å². The first kappa shape index (κ1) is 19.5. The second-order valence-corrected chi connectivity index (χ2v) is 8.52. The fraction of sp³-hybridized carbons (Fsp3) is 0.208. The molecule has 2 aromatic carbocycles. The maximum Gasteiger partial charge on any atom is 0.249 e. The van der Waals surface area contributed by atoms with Gasteiger partial charge in [0.2, 0.25) is 5.91 Å².